The summed E-state index contributed by atoms with van der Waals surface area (Å²) in [5.41, 5.74) is 0.272. The van der Waals surface area contributed by atoms with Gasteiger partial charge < -0.3 is 15.2 Å². The van der Waals surface area contributed by atoms with Crippen LogP contribution in [0.15, 0.2) is 24.3 Å². The summed E-state index contributed by atoms with van der Waals surface area (Å²) in [5, 5.41) is 12.6. The Morgan fingerprint density at radius 3 is 2.76 bits per heavy atom. The van der Waals surface area contributed by atoms with E-state index in [1.165, 1.54) is 19.3 Å². The highest BCUT2D eigenvalue weighted by Crippen LogP contribution is 2.65. The fraction of sp³-hybridized carbons (Fsp3) is 0.588. The van der Waals surface area contributed by atoms with E-state index in [0.717, 1.165) is 36.3 Å². The number of nitrogens with one attached hydrogen (secondary N) is 1. The van der Waals surface area contributed by atoms with Crippen molar-refractivity contribution >= 4 is 5.97 Å². The number of carbonyl (C=O) groups is 1. The fourth-order valence-corrected chi connectivity index (χ4v) is 4.71. The lowest BCUT2D eigenvalue weighted by Gasteiger charge is -2.11. The number of benzene rings is 1. The molecule has 0 saturated heterocycles. The molecule has 1 aromatic rings. The summed E-state index contributed by atoms with van der Waals surface area (Å²) in [6.45, 7) is 1.43. The van der Waals surface area contributed by atoms with Crippen LogP contribution in [0.25, 0.3) is 0 Å². The highest BCUT2D eigenvalue weighted by Gasteiger charge is 2.64. The first-order chi connectivity index (χ1) is 10.2. The summed E-state index contributed by atoms with van der Waals surface area (Å²) in [4.78, 5) is 10.9. The van der Waals surface area contributed by atoms with Crippen molar-refractivity contribution in [3.63, 3.8) is 0 Å². The zero-order valence-corrected chi connectivity index (χ0v) is 12.0. The largest absolute Gasteiger partial charge is 0.492 e. The van der Waals surface area contributed by atoms with Crippen molar-refractivity contribution < 1.29 is 14.6 Å². The predicted octanol–water partition coefficient (Wildman–Crippen LogP) is 2.40. The average molecular weight is 287 g/mol. The maximum Gasteiger partial charge on any atom is 0.335 e. The SMILES string of the molecule is O=C(O)c1cccc(OCCNC2C3C4CCC(C4)C23)c1. The molecule has 4 nitrogen and oxygen atoms in total. The molecule has 2 bridgehead atoms. The Bertz CT molecular complexity index is 543. The zero-order valence-electron chi connectivity index (χ0n) is 12.0. The van der Waals surface area contributed by atoms with Crippen LogP contribution in [0, 0.1) is 23.7 Å². The summed E-state index contributed by atoms with van der Waals surface area (Å²) < 4.78 is 5.64. The smallest absolute Gasteiger partial charge is 0.335 e. The van der Waals surface area contributed by atoms with Crippen LogP contribution in [0.5, 0.6) is 5.75 Å². The number of rotatable bonds is 6. The molecule has 0 heterocycles. The van der Waals surface area contributed by atoms with E-state index >= 15 is 0 Å². The van der Waals surface area contributed by atoms with E-state index in [9.17, 15) is 4.79 Å². The molecule has 21 heavy (non-hydrogen) atoms. The second-order valence-electron chi connectivity index (χ2n) is 6.65. The molecule has 0 amide bonds. The predicted molar refractivity (Wildman–Crippen MR) is 78.5 cm³/mol. The monoisotopic (exact) mass is 287 g/mol. The summed E-state index contributed by atoms with van der Waals surface area (Å²) >= 11 is 0. The quantitative estimate of drug-likeness (QED) is 0.789. The van der Waals surface area contributed by atoms with E-state index < -0.39 is 5.97 Å². The van der Waals surface area contributed by atoms with E-state index in [2.05, 4.69) is 5.32 Å². The van der Waals surface area contributed by atoms with Crippen LogP contribution in [-0.2, 0) is 0 Å². The topological polar surface area (TPSA) is 58.6 Å². The Morgan fingerprint density at radius 1 is 1.29 bits per heavy atom. The Morgan fingerprint density at radius 2 is 2.05 bits per heavy atom. The molecule has 4 heteroatoms. The molecule has 3 aliphatic rings. The van der Waals surface area contributed by atoms with Gasteiger partial charge in [-0.25, -0.2) is 4.79 Å². The highest BCUT2D eigenvalue weighted by atomic mass is 16.5. The third-order valence-electron chi connectivity index (χ3n) is 5.57. The molecule has 1 aromatic carbocycles. The molecule has 4 atom stereocenters. The number of hydrogen-bond acceptors (Lipinski definition) is 3. The second kappa shape index (κ2) is 5.02. The molecule has 2 N–H and O–H groups in total. The first-order valence-corrected chi connectivity index (χ1v) is 7.93. The lowest BCUT2D eigenvalue weighted by atomic mass is 10.0. The molecular formula is C17H21NO3. The average Bonchev–Trinajstić information content (AvgIpc) is 2.88. The summed E-state index contributed by atoms with van der Waals surface area (Å²) in [6.07, 6.45) is 4.37. The first-order valence-electron chi connectivity index (χ1n) is 7.93. The van der Waals surface area contributed by atoms with Gasteiger partial charge in [-0.3, -0.25) is 0 Å². The fourth-order valence-electron chi connectivity index (χ4n) is 4.71. The van der Waals surface area contributed by atoms with Crippen molar-refractivity contribution in [3.05, 3.63) is 29.8 Å². The van der Waals surface area contributed by atoms with E-state index in [0.29, 0.717) is 12.4 Å². The number of aromatic carboxylic acids is 1. The molecule has 0 radical (unpaired) electrons. The summed E-state index contributed by atoms with van der Waals surface area (Å²) in [7, 11) is 0. The minimum atomic E-state index is -0.917. The third-order valence-corrected chi connectivity index (χ3v) is 5.57. The van der Waals surface area contributed by atoms with E-state index in [1.807, 2.05) is 0 Å². The lowest BCUT2D eigenvalue weighted by Crippen LogP contribution is -2.27. The van der Waals surface area contributed by atoms with Crippen molar-refractivity contribution in [2.45, 2.75) is 25.3 Å². The van der Waals surface area contributed by atoms with E-state index in [-0.39, 0.29) is 5.56 Å². The number of ether oxygens (including phenoxy) is 1. The molecule has 3 fully saturated rings. The van der Waals surface area contributed by atoms with Crippen LogP contribution in [0.2, 0.25) is 0 Å². The third kappa shape index (κ3) is 2.31. The maximum absolute atomic E-state index is 10.9. The number of carboxylic acids is 1. The number of hydrogen-bond donors (Lipinski definition) is 2. The van der Waals surface area contributed by atoms with Gasteiger partial charge in [0.15, 0.2) is 0 Å². The van der Waals surface area contributed by atoms with Crippen molar-refractivity contribution in [2.75, 3.05) is 13.2 Å². The molecule has 0 aromatic heterocycles. The Labute approximate surface area is 124 Å². The molecule has 0 spiro atoms. The van der Waals surface area contributed by atoms with Crippen molar-refractivity contribution in [1.82, 2.24) is 5.32 Å². The minimum Gasteiger partial charge on any atom is -0.492 e. The van der Waals surface area contributed by atoms with Gasteiger partial charge in [0.05, 0.1) is 5.56 Å². The Hall–Kier alpha value is -1.55. The molecular weight excluding hydrogens is 266 g/mol. The van der Waals surface area contributed by atoms with Gasteiger partial charge in [-0.2, -0.15) is 0 Å². The Balaban J connectivity index is 1.22. The number of carboxylic acid groups (broad SMARTS) is 1. The van der Waals surface area contributed by atoms with Crippen LogP contribution in [0.3, 0.4) is 0 Å². The molecule has 4 unspecified atom stereocenters. The maximum atomic E-state index is 10.9. The van der Waals surface area contributed by atoms with E-state index in [4.69, 9.17) is 9.84 Å². The van der Waals surface area contributed by atoms with Crippen molar-refractivity contribution in [3.8, 4) is 5.75 Å². The second-order valence-corrected chi connectivity index (χ2v) is 6.65. The van der Waals surface area contributed by atoms with Gasteiger partial charge in [0.1, 0.15) is 12.4 Å². The van der Waals surface area contributed by atoms with Gasteiger partial charge in [0.25, 0.3) is 0 Å². The number of fused-ring (bicyclic) bond motifs is 5. The summed E-state index contributed by atoms with van der Waals surface area (Å²) in [6, 6.07) is 7.40. The van der Waals surface area contributed by atoms with Crippen LogP contribution in [0.4, 0.5) is 0 Å². The van der Waals surface area contributed by atoms with Gasteiger partial charge in [0, 0.05) is 12.6 Å². The molecule has 4 rings (SSSR count). The van der Waals surface area contributed by atoms with Crippen molar-refractivity contribution in [2.24, 2.45) is 23.7 Å². The molecule has 3 aliphatic carbocycles. The molecule has 3 saturated carbocycles. The van der Waals surface area contributed by atoms with Gasteiger partial charge in [0.2, 0.25) is 0 Å². The minimum absolute atomic E-state index is 0.272. The summed E-state index contributed by atoms with van der Waals surface area (Å²) in [5.74, 6) is 3.59. The van der Waals surface area contributed by atoms with Crippen molar-refractivity contribution in [1.29, 1.82) is 0 Å². The molecule has 112 valence electrons. The lowest BCUT2D eigenvalue weighted by molar-refractivity contribution is 0.0696. The van der Waals surface area contributed by atoms with Gasteiger partial charge >= 0.3 is 5.97 Å². The molecule has 0 aliphatic heterocycles. The van der Waals surface area contributed by atoms with Gasteiger partial charge in [-0.05, 0) is 61.1 Å². The standard InChI is InChI=1S/C17H21NO3/c19-17(20)12-2-1-3-13(9-12)21-7-6-18-16-14-10-4-5-11(8-10)15(14)16/h1-3,9-11,14-16,18H,4-8H2,(H,19,20). The normalized spacial score (nSPS) is 35.5. The van der Waals surface area contributed by atoms with E-state index in [1.54, 1.807) is 24.3 Å². The van der Waals surface area contributed by atoms with Gasteiger partial charge in [-0.1, -0.05) is 6.07 Å². The van der Waals surface area contributed by atoms with Crippen LogP contribution in [0.1, 0.15) is 29.6 Å². The van der Waals surface area contributed by atoms with Gasteiger partial charge in [-0.15, -0.1) is 0 Å². The highest BCUT2D eigenvalue weighted by molar-refractivity contribution is 5.87. The van der Waals surface area contributed by atoms with Crippen LogP contribution < -0.4 is 10.1 Å². The van der Waals surface area contributed by atoms with Crippen LogP contribution in [-0.4, -0.2) is 30.3 Å². The zero-order chi connectivity index (χ0) is 14.4. The Kier molecular flexibility index (Phi) is 3.14. The first kappa shape index (κ1) is 13.1. The van der Waals surface area contributed by atoms with Crippen LogP contribution >= 0.6 is 0 Å².